The second-order valence-corrected chi connectivity index (χ2v) is 6.96. The molecule has 4 aromatic rings. The third-order valence-corrected chi connectivity index (χ3v) is 4.88. The van der Waals surface area contributed by atoms with Gasteiger partial charge in [-0.3, -0.25) is 9.36 Å². The molecule has 3 aromatic carbocycles. The first kappa shape index (κ1) is 20.8. The van der Waals surface area contributed by atoms with E-state index in [2.05, 4.69) is 4.98 Å². The van der Waals surface area contributed by atoms with Gasteiger partial charge in [0.25, 0.3) is 5.56 Å². The number of ether oxygens (including phenoxy) is 2. The Morgan fingerprint density at radius 2 is 1.81 bits per heavy atom. The Morgan fingerprint density at radius 3 is 2.53 bits per heavy atom. The normalized spacial score (nSPS) is 10.5. The topological polar surface area (TPSA) is 94.2 Å². The number of rotatable bonds is 5. The van der Waals surface area contributed by atoms with E-state index in [1.54, 1.807) is 62.4 Å². The van der Waals surface area contributed by atoms with E-state index in [1.807, 2.05) is 12.1 Å². The minimum Gasteiger partial charge on any atom is -0.490 e. The zero-order valence-corrected chi connectivity index (χ0v) is 17.5. The van der Waals surface area contributed by atoms with Crippen LogP contribution in [0.1, 0.15) is 28.7 Å². The molecule has 0 saturated heterocycles. The molecule has 0 radical (unpaired) electrons. The molecule has 0 aliphatic carbocycles. The van der Waals surface area contributed by atoms with Gasteiger partial charge in [-0.25, -0.2) is 9.78 Å². The summed E-state index contributed by atoms with van der Waals surface area (Å²) in [5.74, 6) is 0.512. The van der Waals surface area contributed by atoms with Crippen LogP contribution in [-0.2, 0) is 0 Å². The third kappa shape index (κ3) is 3.94. The lowest BCUT2D eigenvalue weighted by Gasteiger charge is -2.12. The van der Waals surface area contributed by atoms with Crippen molar-refractivity contribution in [3.63, 3.8) is 0 Å². The van der Waals surface area contributed by atoms with E-state index in [4.69, 9.17) is 14.7 Å². The molecule has 7 nitrogen and oxygen atoms in total. The molecule has 1 heterocycles. The maximum absolute atomic E-state index is 13.0. The summed E-state index contributed by atoms with van der Waals surface area (Å²) < 4.78 is 12.5. The number of nitriles is 1. The summed E-state index contributed by atoms with van der Waals surface area (Å²) in [7, 11) is 0. The van der Waals surface area contributed by atoms with Gasteiger partial charge in [0.05, 0.1) is 40.4 Å². The number of esters is 1. The van der Waals surface area contributed by atoms with Crippen molar-refractivity contribution in [1.29, 1.82) is 5.26 Å². The van der Waals surface area contributed by atoms with Crippen molar-refractivity contribution < 1.29 is 14.3 Å². The summed E-state index contributed by atoms with van der Waals surface area (Å²) in [6.07, 6.45) is 0. The monoisotopic (exact) mass is 425 g/mol. The zero-order chi connectivity index (χ0) is 22.7. The zero-order valence-electron chi connectivity index (χ0n) is 17.5. The van der Waals surface area contributed by atoms with Gasteiger partial charge >= 0.3 is 5.97 Å². The summed E-state index contributed by atoms with van der Waals surface area (Å²) in [6, 6.07) is 20.3. The summed E-state index contributed by atoms with van der Waals surface area (Å²) in [6.45, 7) is 3.92. The van der Waals surface area contributed by atoms with E-state index in [0.29, 0.717) is 45.9 Å². The van der Waals surface area contributed by atoms with Crippen molar-refractivity contribution in [3.05, 3.63) is 94.0 Å². The number of fused-ring (bicyclic) bond motifs is 1. The van der Waals surface area contributed by atoms with Crippen LogP contribution in [0.5, 0.6) is 11.5 Å². The van der Waals surface area contributed by atoms with E-state index in [1.165, 1.54) is 16.7 Å². The van der Waals surface area contributed by atoms with Crippen LogP contribution in [0.2, 0.25) is 0 Å². The summed E-state index contributed by atoms with van der Waals surface area (Å²) in [5, 5.41) is 9.58. The van der Waals surface area contributed by atoms with Crippen molar-refractivity contribution in [1.82, 2.24) is 9.55 Å². The molecule has 0 fully saturated rings. The number of hydrogen-bond donors (Lipinski definition) is 0. The molecule has 0 aliphatic rings. The van der Waals surface area contributed by atoms with Gasteiger partial charge in [0.1, 0.15) is 5.82 Å². The van der Waals surface area contributed by atoms with Crippen LogP contribution in [0.15, 0.2) is 71.5 Å². The number of nitrogens with zero attached hydrogens (tertiary/aromatic N) is 3. The Kier molecular flexibility index (Phi) is 5.69. The third-order valence-electron chi connectivity index (χ3n) is 4.88. The number of aryl methyl sites for hydroxylation is 1. The molecule has 0 aliphatic heterocycles. The fourth-order valence-corrected chi connectivity index (χ4v) is 3.38. The molecule has 0 unspecified atom stereocenters. The predicted molar refractivity (Wildman–Crippen MR) is 119 cm³/mol. The van der Waals surface area contributed by atoms with Crippen LogP contribution in [0, 0.1) is 18.3 Å². The molecule has 158 valence electrons. The van der Waals surface area contributed by atoms with Crippen molar-refractivity contribution in [2.24, 2.45) is 0 Å². The van der Waals surface area contributed by atoms with Crippen LogP contribution in [-0.4, -0.2) is 22.1 Å². The summed E-state index contributed by atoms with van der Waals surface area (Å²) >= 11 is 0. The van der Waals surface area contributed by atoms with Gasteiger partial charge in [-0.15, -0.1) is 0 Å². The number of aromatic nitrogens is 2. The smallest absolute Gasteiger partial charge is 0.343 e. The Hall–Kier alpha value is -4.44. The first-order valence-electron chi connectivity index (χ1n) is 9.99. The average molecular weight is 425 g/mol. The molecule has 0 N–H and O–H groups in total. The Morgan fingerprint density at radius 1 is 1.06 bits per heavy atom. The fraction of sp³-hybridized carbons (Fsp3) is 0.120. The molecule has 0 spiro atoms. The van der Waals surface area contributed by atoms with Gasteiger partial charge in [0.2, 0.25) is 0 Å². The highest BCUT2D eigenvalue weighted by molar-refractivity contribution is 5.91. The minimum atomic E-state index is -0.581. The second kappa shape index (κ2) is 8.74. The standard InChI is InChI=1S/C25H19N3O4/c1-3-31-23-14-17(15-26)8-13-22(23)32-25(30)18-9-11-19(12-10-18)28-16(2)27-21-7-5-4-6-20(21)24(28)29/h4-14H,3H2,1-2H3. The maximum atomic E-state index is 13.0. The highest BCUT2D eigenvalue weighted by Gasteiger charge is 2.15. The van der Waals surface area contributed by atoms with Crippen molar-refractivity contribution in [3.8, 4) is 23.3 Å². The van der Waals surface area contributed by atoms with Crippen molar-refractivity contribution >= 4 is 16.9 Å². The highest BCUT2D eigenvalue weighted by Crippen LogP contribution is 2.29. The lowest BCUT2D eigenvalue weighted by Crippen LogP contribution is -2.22. The van der Waals surface area contributed by atoms with E-state index < -0.39 is 5.97 Å². The molecule has 1 aromatic heterocycles. The van der Waals surface area contributed by atoms with E-state index in [0.717, 1.165) is 0 Å². The van der Waals surface area contributed by atoms with Gasteiger partial charge < -0.3 is 9.47 Å². The van der Waals surface area contributed by atoms with Gasteiger partial charge in [-0.05, 0) is 62.4 Å². The largest absolute Gasteiger partial charge is 0.490 e. The molecule has 32 heavy (non-hydrogen) atoms. The highest BCUT2D eigenvalue weighted by atomic mass is 16.6. The van der Waals surface area contributed by atoms with Gasteiger partial charge in [-0.1, -0.05) is 12.1 Å². The van der Waals surface area contributed by atoms with Crippen LogP contribution in [0.4, 0.5) is 0 Å². The first-order valence-corrected chi connectivity index (χ1v) is 9.99. The molecule has 0 atom stereocenters. The van der Waals surface area contributed by atoms with Crippen LogP contribution in [0.3, 0.4) is 0 Å². The maximum Gasteiger partial charge on any atom is 0.343 e. The molecule has 7 heteroatoms. The van der Waals surface area contributed by atoms with E-state index in [-0.39, 0.29) is 11.3 Å². The van der Waals surface area contributed by atoms with Crippen molar-refractivity contribution in [2.75, 3.05) is 6.61 Å². The summed E-state index contributed by atoms with van der Waals surface area (Å²) in [4.78, 5) is 30.1. The number of para-hydroxylation sites is 1. The van der Waals surface area contributed by atoms with Gasteiger partial charge in [0.15, 0.2) is 11.5 Å². The first-order chi connectivity index (χ1) is 15.5. The average Bonchev–Trinajstić information content (AvgIpc) is 2.80. The quantitative estimate of drug-likeness (QED) is 0.352. The van der Waals surface area contributed by atoms with E-state index >= 15 is 0 Å². The molecule has 4 rings (SSSR count). The molecule has 0 saturated carbocycles. The lowest BCUT2D eigenvalue weighted by atomic mass is 10.2. The van der Waals surface area contributed by atoms with Crippen LogP contribution < -0.4 is 15.0 Å². The Bertz CT molecular complexity index is 1420. The fourth-order valence-electron chi connectivity index (χ4n) is 3.38. The van der Waals surface area contributed by atoms with Crippen LogP contribution in [0.25, 0.3) is 16.6 Å². The molecular weight excluding hydrogens is 406 g/mol. The molecule has 0 bridgehead atoms. The van der Waals surface area contributed by atoms with Crippen molar-refractivity contribution in [2.45, 2.75) is 13.8 Å². The summed E-state index contributed by atoms with van der Waals surface area (Å²) in [5.41, 5.74) is 1.76. The molecular formula is C25H19N3O4. The van der Waals surface area contributed by atoms with Crippen LogP contribution >= 0.6 is 0 Å². The van der Waals surface area contributed by atoms with E-state index in [9.17, 15) is 9.59 Å². The minimum absolute atomic E-state index is 0.178. The van der Waals surface area contributed by atoms with Gasteiger partial charge in [-0.2, -0.15) is 5.26 Å². The predicted octanol–water partition coefficient (Wildman–Crippen LogP) is 4.18. The Balaban J connectivity index is 1.63. The SMILES string of the molecule is CCOc1cc(C#N)ccc1OC(=O)c1ccc(-n2c(C)nc3ccccc3c2=O)cc1. The molecule has 0 amide bonds. The number of carbonyl (C=O) groups excluding carboxylic acids is 1. The van der Waals surface area contributed by atoms with Gasteiger partial charge in [0, 0.05) is 6.07 Å². The second-order valence-electron chi connectivity index (χ2n) is 6.96. The number of hydrogen-bond acceptors (Lipinski definition) is 6. The lowest BCUT2D eigenvalue weighted by molar-refractivity contribution is 0.0728. The Labute approximate surface area is 184 Å². The number of benzene rings is 3. The number of carbonyl (C=O) groups is 1.